The highest BCUT2D eigenvalue weighted by molar-refractivity contribution is 7.99. The van der Waals surface area contributed by atoms with E-state index in [2.05, 4.69) is 19.1 Å². The van der Waals surface area contributed by atoms with Crippen molar-refractivity contribution in [2.45, 2.75) is 115 Å². The lowest BCUT2D eigenvalue weighted by Gasteiger charge is -2.04. The maximum absolute atomic E-state index is 12.5. The molecule has 0 atom stereocenters. The number of hydrogen-bond acceptors (Lipinski definition) is 3. The Morgan fingerprint density at radius 1 is 0.622 bits per heavy atom. The molecule has 0 amide bonds. The zero-order valence-corrected chi connectivity index (χ0v) is 24.1. The van der Waals surface area contributed by atoms with Gasteiger partial charge in [0.05, 0.1) is 0 Å². The number of hydrogen-bond donors (Lipinski definition) is 0. The summed E-state index contributed by atoms with van der Waals surface area (Å²) >= 11 is 1.88. The summed E-state index contributed by atoms with van der Waals surface area (Å²) in [5.41, 5.74) is 2.29. The van der Waals surface area contributed by atoms with Gasteiger partial charge in [-0.25, -0.2) is 0 Å². The maximum atomic E-state index is 12.5. The molecule has 0 fully saturated rings. The largest absolute Gasteiger partial charge is 0.295 e. The van der Waals surface area contributed by atoms with Crippen LogP contribution >= 0.6 is 11.8 Å². The third-order valence-electron chi connectivity index (χ3n) is 6.90. The fourth-order valence-electron chi connectivity index (χ4n) is 4.48. The topological polar surface area (TPSA) is 34.1 Å². The molecule has 0 saturated heterocycles. The van der Waals surface area contributed by atoms with Crippen LogP contribution in [-0.2, 0) is 0 Å². The van der Waals surface area contributed by atoms with Crippen molar-refractivity contribution >= 4 is 29.4 Å². The zero-order valence-electron chi connectivity index (χ0n) is 23.3. The van der Waals surface area contributed by atoms with Gasteiger partial charge in [0.2, 0.25) is 0 Å². The first-order chi connectivity index (χ1) is 18.1. The van der Waals surface area contributed by atoms with Crippen LogP contribution in [0.25, 0.3) is 6.08 Å². The number of carbonyl (C=O) groups is 2. The Morgan fingerprint density at radius 2 is 1.08 bits per heavy atom. The number of Topliss-reactive ketones (excluding diaryl/α,β-unsaturated/α-hetero) is 1. The first-order valence-corrected chi connectivity index (χ1v) is 15.6. The summed E-state index contributed by atoms with van der Waals surface area (Å²) in [7, 11) is 0. The highest BCUT2D eigenvalue weighted by Gasteiger charge is 2.03. The molecule has 0 aliphatic heterocycles. The monoisotopic (exact) mass is 520 g/mol. The molecule has 0 bridgehead atoms. The number of rotatable bonds is 21. The minimum absolute atomic E-state index is 0.00500. The van der Waals surface area contributed by atoms with Crippen molar-refractivity contribution in [1.29, 1.82) is 0 Å². The second-order valence-corrected chi connectivity index (χ2v) is 11.4. The van der Waals surface area contributed by atoms with Gasteiger partial charge in [-0.2, -0.15) is 0 Å². The van der Waals surface area contributed by atoms with E-state index in [1.165, 1.54) is 101 Å². The quantitative estimate of drug-likeness (QED) is 0.0710. The Morgan fingerprint density at radius 3 is 1.57 bits per heavy atom. The zero-order chi connectivity index (χ0) is 26.6. The highest BCUT2D eigenvalue weighted by Crippen LogP contribution is 2.21. The van der Waals surface area contributed by atoms with Crippen LogP contribution in [0.1, 0.15) is 136 Å². The van der Waals surface area contributed by atoms with Gasteiger partial charge in [0.1, 0.15) is 0 Å². The molecular weight excluding hydrogens is 472 g/mol. The Hall–Kier alpha value is -2.13. The number of benzene rings is 2. The fraction of sp³-hybridized carbons (Fsp3) is 0.529. The molecule has 3 heteroatoms. The van der Waals surface area contributed by atoms with Crippen molar-refractivity contribution < 1.29 is 9.59 Å². The summed E-state index contributed by atoms with van der Waals surface area (Å²) < 4.78 is 0. The molecular formula is C34H48O2S. The molecule has 2 nitrogen and oxygen atoms in total. The maximum Gasteiger partial charge on any atom is 0.185 e. The Bertz CT molecular complexity index is 912. The molecule has 2 rings (SSSR count). The van der Waals surface area contributed by atoms with E-state index in [9.17, 15) is 9.59 Å². The Kier molecular flexibility index (Phi) is 16.7. The smallest absolute Gasteiger partial charge is 0.185 e. The third kappa shape index (κ3) is 14.4. The molecule has 0 unspecified atom stereocenters. The van der Waals surface area contributed by atoms with Crippen molar-refractivity contribution in [1.82, 2.24) is 0 Å². The van der Waals surface area contributed by atoms with Gasteiger partial charge in [0, 0.05) is 16.0 Å². The van der Waals surface area contributed by atoms with Gasteiger partial charge >= 0.3 is 0 Å². The van der Waals surface area contributed by atoms with E-state index in [4.69, 9.17) is 0 Å². The molecule has 0 radical (unpaired) electrons. The van der Waals surface area contributed by atoms with Gasteiger partial charge in [-0.15, -0.1) is 11.8 Å². The van der Waals surface area contributed by atoms with E-state index >= 15 is 0 Å². The molecule has 0 spiro atoms. The lowest BCUT2D eigenvalue weighted by Crippen LogP contribution is -1.94. The number of ketones is 2. The van der Waals surface area contributed by atoms with E-state index in [1.54, 1.807) is 31.2 Å². The van der Waals surface area contributed by atoms with E-state index in [-0.39, 0.29) is 11.6 Å². The molecule has 0 saturated carbocycles. The van der Waals surface area contributed by atoms with E-state index in [0.717, 1.165) is 11.3 Å². The van der Waals surface area contributed by atoms with Crippen LogP contribution in [0.5, 0.6) is 0 Å². The summed E-state index contributed by atoms with van der Waals surface area (Å²) in [6.07, 6.45) is 24.3. The minimum atomic E-state index is -0.00500. The van der Waals surface area contributed by atoms with Gasteiger partial charge in [-0.1, -0.05) is 127 Å². The van der Waals surface area contributed by atoms with Crippen LogP contribution in [0.2, 0.25) is 0 Å². The standard InChI is InChI=1S/C34H48O2S/c1-3-4-5-6-7-8-9-10-11-12-13-14-15-16-17-28-37-33-25-23-32(24-26-33)34(36)27-20-30-18-21-31(22-19-30)29(2)35/h18-27H,3-17,28H2,1-2H3. The average molecular weight is 521 g/mol. The molecule has 0 aromatic heterocycles. The molecule has 37 heavy (non-hydrogen) atoms. The van der Waals surface area contributed by atoms with Crippen molar-refractivity contribution in [3.05, 3.63) is 71.3 Å². The van der Waals surface area contributed by atoms with Crippen molar-refractivity contribution in [3.8, 4) is 0 Å². The molecule has 0 N–H and O–H groups in total. The predicted octanol–water partition coefficient (Wildman–Crippen LogP) is 10.7. The lowest BCUT2D eigenvalue weighted by molar-refractivity contribution is 0.101. The van der Waals surface area contributed by atoms with Crippen LogP contribution in [0.4, 0.5) is 0 Å². The molecule has 0 aliphatic carbocycles. The van der Waals surface area contributed by atoms with Crippen LogP contribution in [-0.4, -0.2) is 17.3 Å². The van der Waals surface area contributed by atoms with Gasteiger partial charge in [-0.05, 0) is 55.0 Å². The molecule has 2 aromatic rings. The second kappa shape index (κ2) is 19.9. The second-order valence-electron chi connectivity index (χ2n) is 10.2. The summed E-state index contributed by atoms with van der Waals surface area (Å²) in [6.45, 7) is 3.84. The van der Waals surface area contributed by atoms with Crippen molar-refractivity contribution in [2.75, 3.05) is 5.75 Å². The Balaban J connectivity index is 1.48. The van der Waals surface area contributed by atoms with E-state index < -0.39 is 0 Å². The van der Waals surface area contributed by atoms with E-state index in [1.807, 2.05) is 36.0 Å². The first-order valence-electron chi connectivity index (χ1n) is 14.7. The van der Waals surface area contributed by atoms with Crippen molar-refractivity contribution in [2.24, 2.45) is 0 Å². The van der Waals surface area contributed by atoms with Crippen LogP contribution in [0, 0.1) is 0 Å². The number of carbonyl (C=O) groups excluding carboxylic acids is 2. The lowest BCUT2D eigenvalue weighted by atomic mass is 10.0. The summed E-state index contributed by atoms with van der Waals surface area (Å²) in [5, 5.41) is 0. The molecule has 202 valence electrons. The Labute approximate surface area is 230 Å². The normalized spacial score (nSPS) is 11.3. The number of allylic oxidation sites excluding steroid dienone is 1. The minimum Gasteiger partial charge on any atom is -0.295 e. The number of unbranched alkanes of at least 4 members (excludes halogenated alkanes) is 14. The molecule has 0 heterocycles. The third-order valence-corrected chi connectivity index (χ3v) is 8.00. The SMILES string of the molecule is CCCCCCCCCCCCCCCCCSc1ccc(C(=O)C=Cc2ccc(C(C)=O)cc2)cc1. The summed E-state index contributed by atoms with van der Waals surface area (Å²) in [6, 6.07) is 15.2. The highest BCUT2D eigenvalue weighted by atomic mass is 32.2. The summed E-state index contributed by atoms with van der Waals surface area (Å²) in [4.78, 5) is 25.1. The molecule has 0 aliphatic rings. The first kappa shape index (κ1) is 31.1. The average Bonchev–Trinajstić information content (AvgIpc) is 2.92. The van der Waals surface area contributed by atoms with Gasteiger partial charge in [0.15, 0.2) is 11.6 Å². The van der Waals surface area contributed by atoms with Gasteiger partial charge < -0.3 is 0 Å². The predicted molar refractivity (Wildman–Crippen MR) is 162 cm³/mol. The van der Waals surface area contributed by atoms with Crippen molar-refractivity contribution in [3.63, 3.8) is 0 Å². The van der Waals surface area contributed by atoms with E-state index in [0.29, 0.717) is 11.1 Å². The van der Waals surface area contributed by atoms with Crippen LogP contribution in [0.15, 0.2) is 59.5 Å². The summed E-state index contributed by atoms with van der Waals surface area (Å²) in [5.74, 6) is 1.18. The fourth-order valence-corrected chi connectivity index (χ4v) is 5.39. The van der Waals surface area contributed by atoms with Gasteiger partial charge in [-0.3, -0.25) is 9.59 Å². The van der Waals surface area contributed by atoms with Crippen LogP contribution in [0.3, 0.4) is 0 Å². The molecule has 2 aromatic carbocycles. The van der Waals surface area contributed by atoms with Crippen LogP contribution < -0.4 is 0 Å². The van der Waals surface area contributed by atoms with Gasteiger partial charge in [0.25, 0.3) is 0 Å². The number of thioether (sulfide) groups is 1.